The molecule has 10 heteroatoms. The maximum atomic E-state index is 12.0. The van der Waals surface area contributed by atoms with Gasteiger partial charge in [-0.2, -0.15) is 0 Å². The fraction of sp³-hybridized carbons (Fsp3) is 0.708. The maximum absolute atomic E-state index is 12.0. The summed E-state index contributed by atoms with van der Waals surface area (Å²) in [7, 11) is 1.13. The van der Waals surface area contributed by atoms with Crippen LogP contribution in [-0.4, -0.2) is 67.9 Å². The van der Waals surface area contributed by atoms with E-state index in [1.807, 2.05) is 13.8 Å². The number of aliphatic hydroxyl groups is 6. The highest BCUT2D eigenvalue weighted by Crippen LogP contribution is 2.30. The molecule has 1 aromatic rings. The number of carbonyl (C=O) groups excluding carboxylic acids is 1. The molecule has 2 atom stereocenters. The molecule has 0 saturated carbocycles. The van der Waals surface area contributed by atoms with Crippen molar-refractivity contribution >= 4 is 5.97 Å². The number of unbranched alkanes of at least 4 members (excludes halogenated alkanes) is 6. The zero-order valence-corrected chi connectivity index (χ0v) is 20.3. The quantitative estimate of drug-likeness (QED) is 0.109. The average Bonchev–Trinajstić information content (AvgIpc) is 2.77. The van der Waals surface area contributed by atoms with Gasteiger partial charge < -0.3 is 44.8 Å². The smallest absolute Gasteiger partial charge is 0.349 e. The second-order valence-corrected chi connectivity index (χ2v) is 8.44. The minimum absolute atomic E-state index is 0.0632. The van der Waals surface area contributed by atoms with E-state index >= 15 is 0 Å². The van der Waals surface area contributed by atoms with E-state index in [1.165, 1.54) is 0 Å². The van der Waals surface area contributed by atoms with Gasteiger partial charge in [-0.25, -0.2) is 4.79 Å². The lowest BCUT2D eigenvalue weighted by molar-refractivity contribution is -0.339. The SMILES string of the molecule is CCCCCCC(O)C(O)(O)Oc1cc(OC(O)(O)C(O)CCCCCC)cc(C(=O)OC)c1. The van der Waals surface area contributed by atoms with Crippen LogP contribution >= 0.6 is 0 Å². The van der Waals surface area contributed by atoms with Gasteiger partial charge in [-0.1, -0.05) is 65.2 Å². The van der Waals surface area contributed by atoms with E-state index in [0.29, 0.717) is 12.8 Å². The Bertz CT molecular complexity index is 684. The first-order chi connectivity index (χ1) is 16.0. The molecule has 0 bridgehead atoms. The standard InChI is InChI=1S/C24H40O10/c1-4-6-8-10-12-20(25)23(28,29)33-18-14-17(22(27)32-3)15-19(16-18)34-24(30,31)21(26)13-11-9-7-5-2/h14-16,20-21,25-26,28-31H,4-13H2,1-3H3. The van der Waals surface area contributed by atoms with Crippen molar-refractivity contribution in [1.29, 1.82) is 0 Å². The molecule has 0 aliphatic heterocycles. The highest BCUT2D eigenvalue weighted by Gasteiger charge is 2.38. The van der Waals surface area contributed by atoms with Crippen molar-refractivity contribution in [3.8, 4) is 11.5 Å². The van der Waals surface area contributed by atoms with Crippen molar-refractivity contribution in [2.45, 2.75) is 102 Å². The van der Waals surface area contributed by atoms with Crippen LogP contribution in [0.4, 0.5) is 0 Å². The molecule has 0 heterocycles. The lowest BCUT2D eigenvalue weighted by atomic mass is 10.1. The number of methoxy groups -OCH3 is 1. The fourth-order valence-electron chi connectivity index (χ4n) is 3.31. The molecule has 0 aromatic heterocycles. The van der Waals surface area contributed by atoms with Gasteiger partial charge >= 0.3 is 17.9 Å². The molecule has 1 aromatic carbocycles. The third-order valence-corrected chi connectivity index (χ3v) is 5.37. The monoisotopic (exact) mass is 488 g/mol. The van der Waals surface area contributed by atoms with Crippen molar-refractivity contribution in [3.05, 3.63) is 23.8 Å². The fourth-order valence-corrected chi connectivity index (χ4v) is 3.31. The first-order valence-electron chi connectivity index (χ1n) is 11.8. The molecule has 0 saturated heterocycles. The van der Waals surface area contributed by atoms with E-state index in [1.54, 1.807) is 0 Å². The lowest BCUT2D eigenvalue weighted by Crippen LogP contribution is -2.48. The molecule has 10 nitrogen and oxygen atoms in total. The second-order valence-electron chi connectivity index (χ2n) is 8.44. The zero-order valence-electron chi connectivity index (χ0n) is 20.3. The normalized spacial score (nSPS) is 13.9. The number of hydrogen-bond donors (Lipinski definition) is 6. The average molecular weight is 489 g/mol. The van der Waals surface area contributed by atoms with E-state index in [9.17, 15) is 35.4 Å². The highest BCUT2D eigenvalue weighted by atomic mass is 16.8. The largest absolute Gasteiger partial charge is 0.465 e. The van der Waals surface area contributed by atoms with Gasteiger partial charge in [0, 0.05) is 6.07 Å². The molecular formula is C24H40O10. The molecular weight excluding hydrogens is 448 g/mol. The van der Waals surface area contributed by atoms with Crippen LogP contribution in [0, 0.1) is 0 Å². The van der Waals surface area contributed by atoms with Crippen molar-refractivity contribution in [2.75, 3.05) is 7.11 Å². The molecule has 0 radical (unpaired) electrons. The zero-order chi connectivity index (χ0) is 25.8. The molecule has 6 N–H and O–H groups in total. The van der Waals surface area contributed by atoms with Crippen LogP contribution < -0.4 is 9.47 Å². The van der Waals surface area contributed by atoms with E-state index < -0.39 is 30.1 Å². The first kappa shape index (κ1) is 30.1. The summed E-state index contributed by atoms with van der Waals surface area (Å²) in [6, 6.07) is 3.28. The molecule has 2 unspecified atom stereocenters. The lowest BCUT2D eigenvalue weighted by Gasteiger charge is -2.29. The molecule has 196 valence electrons. The molecule has 1 rings (SSSR count). The van der Waals surface area contributed by atoms with Crippen molar-refractivity contribution < 1.29 is 49.6 Å². The van der Waals surface area contributed by atoms with Crippen LogP contribution in [0.1, 0.15) is 88.4 Å². The minimum atomic E-state index is -2.98. The van der Waals surface area contributed by atoms with Crippen LogP contribution in [0.5, 0.6) is 11.5 Å². The van der Waals surface area contributed by atoms with Crippen LogP contribution in [-0.2, 0) is 4.74 Å². The maximum Gasteiger partial charge on any atom is 0.349 e. The number of ether oxygens (including phenoxy) is 3. The molecule has 0 amide bonds. The van der Waals surface area contributed by atoms with Crippen molar-refractivity contribution in [1.82, 2.24) is 0 Å². The van der Waals surface area contributed by atoms with Gasteiger partial charge in [-0.3, -0.25) is 0 Å². The number of hydrogen-bond acceptors (Lipinski definition) is 10. The molecule has 0 fully saturated rings. The van der Waals surface area contributed by atoms with E-state index in [0.717, 1.165) is 63.8 Å². The first-order valence-corrected chi connectivity index (χ1v) is 11.8. The van der Waals surface area contributed by atoms with E-state index in [4.69, 9.17) is 9.47 Å². The van der Waals surface area contributed by atoms with Crippen molar-refractivity contribution in [3.63, 3.8) is 0 Å². The van der Waals surface area contributed by atoms with Gasteiger partial charge in [0.1, 0.15) is 23.7 Å². The summed E-state index contributed by atoms with van der Waals surface area (Å²) < 4.78 is 14.9. The third kappa shape index (κ3) is 10.1. The Balaban J connectivity index is 3.01. The number of carbonyl (C=O) groups is 1. The Hall–Kier alpha value is -1.95. The third-order valence-electron chi connectivity index (χ3n) is 5.37. The summed E-state index contributed by atoms with van der Waals surface area (Å²) in [4.78, 5) is 12.0. The van der Waals surface area contributed by atoms with E-state index in [-0.39, 0.29) is 29.9 Å². The van der Waals surface area contributed by atoms with Gasteiger partial charge in [-0.05, 0) is 25.0 Å². The van der Waals surface area contributed by atoms with Crippen LogP contribution in [0.3, 0.4) is 0 Å². The molecule has 0 spiro atoms. The number of aliphatic hydroxyl groups excluding tert-OH is 2. The summed E-state index contributed by atoms with van der Waals surface area (Å²) >= 11 is 0. The predicted molar refractivity (Wildman–Crippen MR) is 123 cm³/mol. The number of rotatable bonds is 17. The summed E-state index contributed by atoms with van der Waals surface area (Å²) in [6.07, 6.45) is 3.36. The Morgan fingerprint density at radius 3 is 1.53 bits per heavy atom. The Morgan fingerprint density at radius 2 is 1.18 bits per heavy atom. The number of benzene rings is 1. The Labute approximate surface area is 200 Å². The molecule has 34 heavy (non-hydrogen) atoms. The minimum Gasteiger partial charge on any atom is -0.465 e. The molecule has 0 aliphatic carbocycles. The van der Waals surface area contributed by atoms with Crippen molar-refractivity contribution in [2.24, 2.45) is 0 Å². The summed E-state index contributed by atoms with van der Waals surface area (Å²) in [6.45, 7) is 4.05. The molecule has 0 aliphatic rings. The van der Waals surface area contributed by atoms with Gasteiger partial charge in [-0.15, -0.1) is 0 Å². The van der Waals surface area contributed by atoms with Gasteiger partial charge in [0.15, 0.2) is 0 Å². The van der Waals surface area contributed by atoms with Crippen LogP contribution in [0.15, 0.2) is 18.2 Å². The Kier molecular flexibility index (Phi) is 12.8. The van der Waals surface area contributed by atoms with E-state index in [2.05, 4.69) is 4.74 Å². The topological polar surface area (TPSA) is 166 Å². The van der Waals surface area contributed by atoms with Gasteiger partial charge in [0.25, 0.3) is 0 Å². The van der Waals surface area contributed by atoms with Crippen LogP contribution in [0.25, 0.3) is 0 Å². The second kappa shape index (κ2) is 14.4. The summed E-state index contributed by atoms with van der Waals surface area (Å²) in [5.41, 5.74) is -0.156. The summed E-state index contributed by atoms with van der Waals surface area (Å²) in [5, 5.41) is 61.2. The predicted octanol–water partition coefficient (Wildman–Crippen LogP) is 2.17. The highest BCUT2D eigenvalue weighted by molar-refractivity contribution is 5.90. The van der Waals surface area contributed by atoms with Gasteiger partial charge in [0.05, 0.1) is 12.7 Å². The van der Waals surface area contributed by atoms with Crippen LogP contribution in [0.2, 0.25) is 0 Å². The van der Waals surface area contributed by atoms with Gasteiger partial charge in [0.2, 0.25) is 0 Å². The summed E-state index contributed by atoms with van der Waals surface area (Å²) in [5.74, 6) is -7.43. The number of esters is 1. The Morgan fingerprint density at radius 1 is 0.765 bits per heavy atom.